The number of hydrogen-bond donors (Lipinski definition) is 2. The van der Waals surface area contributed by atoms with Crippen molar-refractivity contribution in [3.8, 4) is 0 Å². The molecule has 0 radical (unpaired) electrons. The van der Waals surface area contributed by atoms with E-state index < -0.39 is 0 Å². The molecule has 0 fully saturated rings. The lowest BCUT2D eigenvalue weighted by Crippen LogP contribution is -2.28. The van der Waals surface area contributed by atoms with Crippen LogP contribution in [0.2, 0.25) is 0 Å². The molecule has 1 heterocycles. The van der Waals surface area contributed by atoms with Crippen LogP contribution in [0.4, 0.5) is 0 Å². The van der Waals surface area contributed by atoms with Crippen molar-refractivity contribution >= 4 is 16.8 Å². The highest BCUT2D eigenvalue weighted by Crippen LogP contribution is 2.19. The molecule has 19 heavy (non-hydrogen) atoms. The molecule has 2 rings (SSSR count). The van der Waals surface area contributed by atoms with Crippen LogP contribution in [0.25, 0.3) is 10.9 Å². The first-order valence-corrected chi connectivity index (χ1v) is 6.79. The van der Waals surface area contributed by atoms with Gasteiger partial charge in [0.2, 0.25) is 5.91 Å². The number of hydrogen-bond acceptors (Lipinski definition) is 2. The lowest BCUT2D eigenvalue weighted by molar-refractivity contribution is -0.121. The summed E-state index contributed by atoms with van der Waals surface area (Å²) in [5.74, 6) is 0.0594. The zero-order valence-corrected chi connectivity index (χ0v) is 11.4. The van der Waals surface area contributed by atoms with E-state index in [0.717, 1.165) is 35.9 Å². The fourth-order valence-corrected chi connectivity index (χ4v) is 2.22. The topological polar surface area (TPSA) is 60.0 Å². The number of nitrogens with two attached hydrogens (primary N) is 1. The molecule has 3 N–H and O–H groups in total. The van der Waals surface area contributed by atoms with Gasteiger partial charge in [-0.3, -0.25) is 4.79 Å². The molecule has 2 aromatic rings. The van der Waals surface area contributed by atoms with Gasteiger partial charge in [-0.25, -0.2) is 0 Å². The second kappa shape index (κ2) is 6.38. The summed E-state index contributed by atoms with van der Waals surface area (Å²) in [5.41, 5.74) is 7.90. The van der Waals surface area contributed by atoms with Gasteiger partial charge in [0, 0.05) is 30.2 Å². The minimum Gasteiger partial charge on any atom is -0.355 e. The number of carbonyl (C=O) groups is 1. The van der Waals surface area contributed by atoms with Gasteiger partial charge in [0.25, 0.3) is 0 Å². The fourth-order valence-electron chi connectivity index (χ4n) is 2.22. The van der Waals surface area contributed by atoms with Crippen LogP contribution in [0.5, 0.6) is 0 Å². The summed E-state index contributed by atoms with van der Waals surface area (Å²) in [7, 11) is 0. The third-order valence-electron chi connectivity index (χ3n) is 3.29. The molecule has 0 saturated heterocycles. The second-order valence-electron chi connectivity index (χ2n) is 4.70. The number of benzene rings is 1. The zero-order chi connectivity index (χ0) is 13.7. The Balaban J connectivity index is 2.11. The van der Waals surface area contributed by atoms with Gasteiger partial charge in [0.05, 0.1) is 0 Å². The van der Waals surface area contributed by atoms with Gasteiger partial charge in [-0.05, 0) is 24.1 Å². The number of nitrogens with one attached hydrogen (secondary N) is 1. The maximum Gasteiger partial charge on any atom is 0.239 e. The monoisotopic (exact) mass is 259 g/mol. The Hall–Kier alpha value is -1.81. The third-order valence-corrected chi connectivity index (χ3v) is 3.29. The Bertz CT molecular complexity index is 560. The van der Waals surface area contributed by atoms with Crippen molar-refractivity contribution < 1.29 is 4.79 Å². The van der Waals surface area contributed by atoms with Crippen LogP contribution in [0.3, 0.4) is 0 Å². The molecule has 0 atom stereocenters. The first-order chi connectivity index (χ1) is 9.26. The largest absolute Gasteiger partial charge is 0.355 e. The van der Waals surface area contributed by atoms with Crippen LogP contribution in [0, 0.1) is 0 Å². The number of fused-ring (bicyclic) bond motifs is 1. The predicted molar refractivity (Wildman–Crippen MR) is 77.7 cm³/mol. The average molecular weight is 259 g/mol. The Morgan fingerprint density at radius 2 is 2.21 bits per heavy atom. The van der Waals surface area contributed by atoms with Crippen molar-refractivity contribution in [3.63, 3.8) is 0 Å². The fraction of sp³-hybridized carbons (Fsp3) is 0.400. The maximum atomic E-state index is 11.8. The Morgan fingerprint density at radius 1 is 1.37 bits per heavy atom. The summed E-state index contributed by atoms with van der Waals surface area (Å²) in [6.45, 7) is 3.74. The van der Waals surface area contributed by atoms with Crippen molar-refractivity contribution in [2.24, 2.45) is 5.73 Å². The lowest BCUT2D eigenvalue weighted by atomic mass is 10.1. The quantitative estimate of drug-likeness (QED) is 0.780. The highest BCUT2D eigenvalue weighted by Gasteiger charge is 2.07. The number of aromatic nitrogens is 1. The molecule has 1 aromatic carbocycles. The van der Waals surface area contributed by atoms with Crippen molar-refractivity contribution in [3.05, 3.63) is 36.0 Å². The molecule has 1 aromatic heterocycles. The molecule has 4 nitrogen and oxygen atoms in total. The maximum absolute atomic E-state index is 11.8. The minimum atomic E-state index is 0.0594. The predicted octanol–water partition coefficient (Wildman–Crippen LogP) is 2.02. The molecule has 1 amide bonds. The number of nitrogens with zero attached hydrogens (tertiary/aromatic N) is 1. The van der Waals surface area contributed by atoms with E-state index in [2.05, 4.69) is 12.2 Å². The molecule has 0 spiro atoms. The van der Waals surface area contributed by atoms with Crippen molar-refractivity contribution in [2.75, 3.05) is 6.54 Å². The van der Waals surface area contributed by atoms with Gasteiger partial charge in [-0.1, -0.05) is 25.5 Å². The van der Waals surface area contributed by atoms with E-state index in [4.69, 9.17) is 5.73 Å². The minimum absolute atomic E-state index is 0.0594. The summed E-state index contributed by atoms with van der Waals surface area (Å²) in [4.78, 5) is 11.8. The Labute approximate surface area is 113 Å². The van der Waals surface area contributed by atoms with Crippen LogP contribution in [0.15, 0.2) is 30.5 Å². The van der Waals surface area contributed by atoms with Crippen molar-refractivity contribution in [1.29, 1.82) is 0 Å². The van der Waals surface area contributed by atoms with E-state index in [1.54, 1.807) is 0 Å². The summed E-state index contributed by atoms with van der Waals surface area (Å²) in [6.07, 6.45) is 4.06. The van der Waals surface area contributed by atoms with Crippen LogP contribution < -0.4 is 11.1 Å². The van der Waals surface area contributed by atoms with Crippen molar-refractivity contribution in [2.45, 2.75) is 32.9 Å². The van der Waals surface area contributed by atoms with Gasteiger partial charge in [0.15, 0.2) is 0 Å². The van der Waals surface area contributed by atoms with Crippen molar-refractivity contribution in [1.82, 2.24) is 9.88 Å². The summed E-state index contributed by atoms with van der Waals surface area (Å²) >= 11 is 0. The highest BCUT2D eigenvalue weighted by molar-refractivity contribution is 5.85. The Kier molecular flexibility index (Phi) is 4.58. The van der Waals surface area contributed by atoms with Crippen LogP contribution in [-0.4, -0.2) is 17.0 Å². The van der Waals surface area contributed by atoms with Gasteiger partial charge in [0.1, 0.15) is 6.54 Å². The van der Waals surface area contributed by atoms with E-state index >= 15 is 0 Å². The summed E-state index contributed by atoms with van der Waals surface area (Å²) in [6, 6.07) is 8.05. The van der Waals surface area contributed by atoms with Gasteiger partial charge in [-0.2, -0.15) is 0 Å². The zero-order valence-electron chi connectivity index (χ0n) is 11.4. The van der Waals surface area contributed by atoms with Gasteiger partial charge >= 0.3 is 0 Å². The number of amides is 1. The number of carbonyl (C=O) groups excluding carboxylic acids is 1. The molecular formula is C15H21N3O. The first kappa shape index (κ1) is 13.6. The van der Waals surface area contributed by atoms with Crippen LogP contribution in [-0.2, 0) is 17.9 Å². The average Bonchev–Trinajstić information content (AvgIpc) is 2.82. The number of unbranched alkanes of at least 4 members (excludes halogenated alkanes) is 1. The van der Waals surface area contributed by atoms with Crippen LogP contribution >= 0.6 is 0 Å². The third kappa shape index (κ3) is 3.15. The smallest absolute Gasteiger partial charge is 0.239 e. The molecule has 0 bridgehead atoms. The van der Waals surface area contributed by atoms with E-state index in [9.17, 15) is 4.79 Å². The standard InChI is InChI=1S/C15H21N3O/c1-2-3-8-17-15(19)11-18-9-7-13-12(10-16)5-4-6-14(13)18/h4-7,9H,2-3,8,10-11,16H2,1H3,(H,17,19). The SMILES string of the molecule is CCCCNC(=O)Cn1ccc2c(CN)cccc21. The molecule has 0 aliphatic rings. The van der Waals surface area contributed by atoms with Crippen LogP contribution in [0.1, 0.15) is 25.3 Å². The highest BCUT2D eigenvalue weighted by atomic mass is 16.1. The second-order valence-corrected chi connectivity index (χ2v) is 4.70. The molecule has 0 unspecified atom stereocenters. The number of rotatable bonds is 6. The van der Waals surface area contributed by atoms with E-state index in [1.807, 2.05) is 35.0 Å². The Morgan fingerprint density at radius 3 is 2.95 bits per heavy atom. The van der Waals surface area contributed by atoms with E-state index in [-0.39, 0.29) is 5.91 Å². The molecule has 102 valence electrons. The van der Waals surface area contributed by atoms with Gasteiger partial charge < -0.3 is 15.6 Å². The molecule has 0 aliphatic heterocycles. The lowest BCUT2D eigenvalue weighted by Gasteiger charge is -2.07. The summed E-state index contributed by atoms with van der Waals surface area (Å²) < 4.78 is 1.97. The molecule has 4 heteroatoms. The molecular weight excluding hydrogens is 238 g/mol. The molecule has 0 saturated carbocycles. The van der Waals surface area contributed by atoms with E-state index in [0.29, 0.717) is 13.1 Å². The van der Waals surface area contributed by atoms with Gasteiger partial charge in [-0.15, -0.1) is 0 Å². The molecule has 0 aliphatic carbocycles. The summed E-state index contributed by atoms with van der Waals surface area (Å²) in [5, 5.41) is 4.06. The van der Waals surface area contributed by atoms with E-state index in [1.165, 1.54) is 0 Å². The normalized spacial score (nSPS) is 10.8. The first-order valence-electron chi connectivity index (χ1n) is 6.79.